The minimum absolute atomic E-state index is 0.0795. The summed E-state index contributed by atoms with van der Waals surface area (Å²) in [4.78, 5) is 24.4. The number of aliphatic hydroxyl groups is 1. The summed E-state index contributed by atoms with van der Waals surface area (Å²) in [6.45, 7) is 1.46. The number of furan rings is 1. The highest BCUT2D eigenvalue weighted by atomic mass is 16.3. The Morgan fingerprint density at radius 2 is 2.29 bits per heavy atom. The maximum Gasteiger partial charge on any atom is 0.289 e. The minimum atomic E-state index is -0.359. The Hall–Kier alpha value is -1.82. The summed E-state index contributed by atoms with van der Waals surface area (Å²) in [5, 5.41) is 11.3. The molecule has 0 fully saturated rings. The van der Waals surface area contributed by atoms with Crippen molar-refractivity contribution in [2.75, 3.05) is 20.2 Å². The lowest BCUT2D eigenvalue weighted by Gasteiger charge is -2.17. The first kappa shape index (κ1) is 13.2. The van der Waals surface area contributed by atoms with E-state index in [2.05, 4.69) is 5.32 Å². The molecule has 0 aliphatic heterocycles. The van der Waals surface area contributed by atoms with Gasteiger partial charge in [0.25, 0.3) is 5.91 Å². The number of carbonyl (C=O) groups excluding carboxylic acids is 2. The van der Waals surface area contributed by atoms with Crippen molar-refractivity contribution in [1.82, 2.24) is 10.2 Å². The first-order valence-electron chi connectivity index (χ1n) is 5.23. The van der Waals surface area contributed by atoms with Gasteiger partial charge in [-0.05, 0) is 19.1 Å². The van der Waals surface area contributed by atoms with Gasteiger partial charge in [0.15, 0.2) is 5.76 Å². The van der Waals surface area contributed by atoms with Gasteiger partial charge in [0.05, 0.1) is 19.4 Å². The van der Waals surface area contributed by atoms with Crippen molar-refractivity contribution in [3.63, 3.8) is 0 Å². The highest BCUT2D eigenvalue weighted by Gasteiger charge is 2.17. The predicted octanol–water partition coefficient (Wildman–Crippen LogP) is -0.151. The van der Waals surface area contributed by atoms with E-state index < -0.39 is 0 Å². The molecule has 0 aromatic carbocycles. The summed E-state index contributed by atoms with van der Waals surface area (Å²) >= 11 is 0. The molecule has 0 aliphatic rings. The van der Waals surface area contributed by atoms with E-state index in [1.165, 1.54) is 24.3 Å². The molecule has 2 amide bonds. The van der Waals surface area contributed by atoms with Gasteiger partial charge in [0.1, 0.15) is 0 Å². The van der Waals surface area contributed by atoms with E-state index in [0.717, 1.165) is 0 Å². The molecular formula is C11H16N2O4. The SMILES string of the molecule is C[C@@H](CO)NC(=O)CN(C)C(=O)c1ccco1. The van der Waals surface area contributed by atoms with Crippen LogP contribution in [0.5, 0.6) is 0 Å². The normalized spacial score (nSPS) is 11.9. The summed E-state index contributed by atoms with van der Waals surface area (Å²) in [5.41, 5.74) is 0. The molecule has 1 rings (SSSR count). The zero-order valence-corrected chi connectivity index (χ0v) is 9.84. The van der Waals surface area contributed by atoms with Crippen LogP contribution in [0, 0.1) is 0 Å². The molecule has 0 radical (unpaired) electrons. The Morgan fingerprint density at radius 3 is 2.82 bits per heavy atom. The molecule has 0 spiro atoms. The third-order valence-electron chi connectivity index (χ3n) is 2.14. The van der Waals surface area contributed by atoms with Crippen molar-refractivity contribution >= 4 is 11.8 Å². The monoisotopic (exact) mass is 240 g/mol. The maximum absolute atomic E-state index is 11.7. The molecule has 1 aromatic rings. The van der Waals surface area contributed by atoms with Gasteiger partial charge in [-0.3, -0.25) is 9.59 Å². The van der Waals surface area contributed by atoms with Crippen LogP contribution in [-0.2, 0) is 4.79 Å². The Labute approximate surface area is 99.2 Å². The van der Waals surface area contributed by atoms with Gasteiger partial charge in [0.2, 0.25) is 5.91 Å². The van der Waals surface area contributed by atoms with Gasteiger partial charge in [-0.25, -0.2) is 0 Å². The molecule has 0 saturated carbocycles. The van der Waals surface area contributed by atoms with Gasteiger partial charge < -0.3 is 19.7 Å². The van der Waals surface area contributed by atoms with Gasteiger partial charge in [-0.15, -0.1) is 0 Å². The average molecular weight is 240 g/mol. The van der Waals surface area contributed by atoms with Crippen LogP contribution in [0.1, 0.15) is 17.5 Å². The first-order chi connectivity index (χ1) is 8.04. The molecule has 2 N–H and O–H groups in total. The smallest absolute Gasteiger partial charge is 0.289 e. The number of nitrogens with zero attached hydrogens (tertiary/aromatic N) is 1. The van der Waals surface area contributed by atoms with Crippen LogP contribution < -0.4 is 5.32 Å². The number of nitrogens with one attached hydrogen (secondary N) is 1. The van der Waals surface area contributed by atoms with Crippen LogP contribution in [-0.4, -0.2) is 48.1 Å². The van der Waals surface area contributed by atoms with E-state index in [1.54, 1.807) is 13.0 Å². The molecule has 94 valence electrons. The number of carbonyl (C=O) groups is 2. The highest BCUT2D eigenvalue weighted by molar-refractivity contribution is 5.94. The Kier molecular flexibility index (Phi) is 4.71. The molecule has 0 unspecified atom stereocenters. The number of hydrogen-bond acceptors (Lipinski definition) is 4. The Morgan fingerprint density at radius 1 is 1.59 bits per heavy atom. The third-order valence-corrected chi connectivity index (χ3v) is 2.14. The minimum Gasteiger partial charge on any atom is -0.459 e. The third kappa shape index (κ3) is 3.92. The second-order valence-electron chi connectivity index (χ2n) is 3.79. The number of rotatable bonds is 5. The van der Waals surface area contributed by atoms with E-state index in [4.69, 9.17) is 9.52 Å². The van der Waals surface area contributed by atoms with Crippen LogP contribution in [0.15, 0.2) is 22.8 Å². The van der Waals surface area contributed by atoms with Gasteiger partial charge in [-0.1, -0.05) is 0 Å². The first-order valence-corrected chi connectivity index (χ1v) is 5.23. The fourth-order valence-corrected chi connectivity index (χ4v) is 1.24. The molecule has 0 saturated heterocycles. The quantitative estimate of drug-likeness (QED) is 0.749. The topological polar surface area (TPSA) is 82.8 Å². The lowest BCUT2D eigenvalue weighted by atomic mass is 10.3. The second-order valence-corrected chi connectivity index (χ2v) is 3.79. The number of likely N-dealkylation sites (N-methyl/N-ethyl adjacent to an activating group) is 1. The van der Waals surface area contributed by atoms with E-state index in [1.807, 2.05) is 0 Å². The summed E-state index contributed by atoms with van der Waals surface area (Å²) in [5.74, 6) is -0.494. The van der Waals surface area contributed by atoms with E-state index >= 15 is 0 Å². The largest absolute Gasteiger partial charge is 0.459 e. The summed E-state index contributed by atoms with van der Waals surface area (Å²) in [7, 11) is 1.51. The van der Waals surface area contributed by atoms with Crippen LogP contribution in [0.3, 0.4) is 0 Å². The van der Waals surface area contributed by atoms with Crippen LogP contribution in [0.2, 0.25) is 0 Å². The standard InChI is InChI=1S/C11H16N2O4/c1-8(7-14)12-10(15)6-13(2)11(16)9-4-3-5-17-9/h3-5,8,14H,6-7H2,1-2H3,(H,12,15)/t8-/m0/s1. The van der Waals surface area contributed by atoms with Gasteiger partial charge >= 0.3 is 0 Å². The molecule has 0 aliphatic carbocycles. The molecule has 0 bridgehead atoms. The molecule has 6 heteroatoms. The molecule has 1 aromatic heterocycles. The predicted molar refractivity (Wildman–Crippen MR) is 60.4 cm³/mol. The molecular weight excluding hydrogens is 224 g/mol. The number of aliphatic hydroxyl groups excluding tert-OH is 1. The fraction of sp³-hybridized carbons (Fsp3) is 0.455. The summed E-state index contributed by atoms with van der Waals surface area (Å²) < 4.78 is 4.94. The Balaban J connectivity index is 2.46. The van der Waals surface area contributed by atoms with Crippen LogP contribution >= 0.6 is 0 Å². The maximum atomic E-state index is 11.7. The van der Waals surface area contributed by atoms with Crippen LogP contribution in [0.25, 0.3) is 0 Å². The van der Waals surface area contributed by atoms with Crippen molar-refractivity contribution in [3.8, 4) is 0 Å². The van der Waals surface area contributed by atoms with Crippen molar-refractivity contribution in [1.29, 1.82) is 0 Å². The zero-order chi connectivity index (χ0) is 12.8. The van der Waals surface area contributed by atoms with Crippen molar-refractivity contribution in [2.24, 2.45) is 0 Å². The lowest BCUT2D eigenvalue weighted by Crippen LogP contribution is -2.42. The van der Waals surface area contributed by atoms with Crippen molar-refractivity contribution < 1.29 is 19.1 Å². The summed E-state index contributed by atoms with van der Waals surface area (Å²) in [6.07, 6.45) is 1.40. The fourth-order valence-electron chi connectivity index (χ4n) is 1.24. The number of amides is 2. The second kappa shape index (κ2) is 6.05. The highest BCUT2D eigenvalue weighted by Crippen LogP contribution is 2.03. The molecule has 1 heterocycles. The van der Waals surface area contributed by atoms with E-state index in [-0.39, 0.29) is 36.8 Å². The zero-order valence-electron chi connectivity index (χ0n) is 9.84. The number of hydrogen-bond donors (Lipinski definition) is 2. The van der Waals surface area contributed by atoms with Crippen molar-refractivity contribution in [3.05, 3.63) is 24.2 Å². The van der Waals surface area contributed by atoms with Gasteiger partial charge in [-0.2, -0.15) is 0 Å². The van der Waals surface area contributed by atoms with Crippen molar-refractivity contribution in [2.45, 2.75) is 13.0 Å². The van der Waals surface area contributed by atoms with E-state index in [0.29, 0.717) is 0 Å². The lowest BCUT2D eigenvalue weighted by molar-refractivity contribution is -0.122. The van der Waals surface area contributed by atoms with Crippen LogP contribution in [0.4, 0.5) is 0 Å². The molecule has 6 nitrogen and oxygen atoms in total. The Bertz CT molecular complexity index is 375. The summed E-state index contributed by atoms with van der Waals surface area (Å²) in [6, 6.07) is 2.82. The molecule has 17 heavy (non-hydrogen) atoms. The van der Waals surface area contributed by atoms with E-state index in [9.17, 15) is 9.59 Å². The molecule has 1 atom stereocenters. The average Bonchev–Trinajstić information content (AvgIpc) is 2.80. The van der Waals surface area contributed by atoms with Gasteiger partial charge in [0, 0.05) is 13.1 Å².